The molecule has 0 unspecified atom stereocenters. The lowest BCUT2D eigenvalue weighted by Crippen LogP contribution is -2.20. The Kier molecular flexibility index (Phi) is 3.53. The van der Waals surface area contributed by atoms with Crippen LogP contribution in [0.25, 0.3) is 5.65 Å². The highest BCUT2D eigenvalue weighted by molar-refractivity contribution is 7.99. The topological polar surface area (TPSA) is 51.4 Å². The third-order valence-corrected chi connectivity index (χ3v) is 3.89. The fourth-order valence-corrected chi connectivity index (χ4v) is 2.76. The largest absolute Gasteiger partial charge is 0.298 e. The summed E-state index contributed by atoms with van der Waals surface area (Å²) in [6.07, 6.45) is 2.06. The number of aromatic nitrogens is 2. The van der Waals surface area contributed by atoms with Crippen molar-refractivity contribution in [3.05, 3.63) is 70.4 Å². The van der Waals surface area contributed by atoms with Crippen LogP contribution in [0.15, 0.2) is 63.4 Å². The van der Waals surface area contributed by atoms with Crippen LogP contribution >= 0.6 is 11.8 Å². The molecule has 0 fully saturated rings. The van der Waals surface area contributed by atoms with E-state index >= 15 is 0 Å². The number of benzene rings is 1. The van der Waals surface area contributed by atoms with Gasteiger partial charge in [-0.15, -0.1) is 0 Å². The number of hydrogen-bond acceptors (Lipinski definition) is 4. The first-order valence-corrected chi connectivity index (χ1v) is 6.90. The molecule has 0 aliphatic rings. The van der Waals surface area contributed by atoms with Gasteiger partial charge < -0.3 is 0 Å². The zero-order valence-corrected chi connectivity index (χ0v) is 11.5. The molecule has 0 aliphatic carbocycles. The molecular formula is C15H9FN2O2S. The molecule has 6 heteroatoms. The molecule has 0 saturated carbocycles. The number of pyridine rings is 1. The van der Waals surface area contributed by atoms with Crippen molar-refractivity contribution in [1.82, 2.24) is 9.38 Å². The lowest BCUT2D eigenvalue weighted by atomic mass is 10.3. The van der Waals surface area contributed by atoms with E-state index in [1.165, 1.54) is 16.5 Å². The zero-order valence-electron chi connectivity index (χ0n) is 10.7. The Balaban J connectivity index is 2.15. The maximum Gasteiger partial charge on any atom is 0.269 e. The number of halogens is 1. The maximum absolute atomic E-state index is 12.9. The van der Waals surface area contributed by atoms with Crippen molar-refractivity contribution < 1.29 is 9.18 Å². The summed E-state index contributed by atoms with van der Waals surface area (Å²) in [5, 5.41) is 0.313. The summed E-state index contributed by atoms with van der Waals surface area (Å²) in [6.45, 7) is 0. The molecule has 1 aromatic carbocycles. The minimum absolute atomic E-state index is 0.00646. The molecule has 104 valence electrons. The summed E-state index contributed by atoms with van der Waals surface area (Å²) in [6, 6.07) is 10.9. The van der Waals surface area contributed by atoms with Gasteiger partial charge in [-0.2, -0.15) is 0 Å². The Hall–Kier alpha value is -2.47. The second-order valence-electron chi connectivity index (χ2n) is 4.24. The SMILES string of the molecule is O=Cc1c(Sc2ccc(F)cc2)nc2ccccn2c1=O. The van der Waals surface area contributed by atoms with Gasteiger partial charge in [-0.1, -0.05) is 17.8 Å². The maximum atomic E-state index is 12.9. The lowest BCUT2D eigenvalue weighted by molar-refractivity contribution is 0.111. The molecule has 0 amide bonds. The minimum Gasteiger partial charge on any atom is -0.298 e. The monoisotopic (exact) mass is 300 g/mol. The Bertz CT molecular complexity index is 875. The van der Waals surface area contributed by atoms with Crippen LogP contribution in [0.2, 0.25) is 0 Å². The van der Waals surface area contributed by atoms with E-state index in [-0.39, 0.29) is 11.4 Å². The fraction of sp³-hybridized carbons (Fsp3) is 0. The normalized spacial score (nSPS) is 10.7. The van der Waals surface area contributed by atoms with Crippen molar-refractivity contribution in [2.24, 2.45) is 0 Å². The number of carbonyl (C=O) groups excluding carboxylic acids is 1. The summed E-state index contributed by atoms with van der Waals surface area (Å²) in [7, 11) is 0. The van der Waals surface area contributed by atoms with E-state index in [0.29, 0.717) is 21.9 Å². The van der Waals surface area contributed by atoms with Gasteiger partial charge in [0.25, 0.3) is 5.56 Å². The number of rotatable bonds is 3. The molecule has 0 aliphatic heterocycles. The Morgan fingerprint density at radius 3 is 2.62 bits per heavy atom. The Labute approximate surface area is 123 Å². The van der Waals surface area contributed by atoms with E-state index in [0.717, 1.165) is 11.8 Å². The van der Waals surface area contributed by atoms with Gasteiger partial charge in [0.05, 0.1) is 0 Å². The molecule has 2 aromatic heterocycles. The van der Waals surface area contributed by atoms with Gasteiger partial charge in [0.2, 0.25) is 0 Å². The molecule has 2 heterocycles. The predicted molar refractivity (Wildman–Crippen MR) is 77.4 cm³/mol. The van der Waals surface area contributed by atoms with Gasteiger partial charge in [0.1, 0.15) is 22.1 Å². The van der Waals surface area contributed by atoms with Crippen molar-refractivity contribution in [1.29, 1.82) is 0 Å². The molecule has 4 nitrogen and oxygen atoms in total. The van der Waals surface area contributed by atoms with Crippen LogP contribution in [-0.4, -0.2) is 15.7 Å². The van der Waals surface area contributed by atoms with E-state index < -0.39 is 5.56 Å². The molecule has 3 aromatic rings. The van der Waals surface area contributed by atoms with Gasteiger partial charge >= 0.3 is 0 Å². The summed E-state index contributed by atoms with van der Waals surface area (Å²) < 4.78 is 14.2. The third-order valence-electron chi connectivity index (χ3n) is 2.88. The van der Waals surface area contributed by atoms with Crippen LogP contribution in [0.1, 0.15) is 10.4 Å². The van der Waals surface area contributed by atoms with Crippen LogP contribution in [0.5, 0.6) is 0 Å². The second-order valence-corrected chi connectivity index (χ2v) is 5.30. The first-order chi connectivity index (χ1) is 10.2. The highest BCUT2D eigenvalue weighted by Gasteiger charge is 2.13. The highest BCUT2D eigenvalue weighted by atomic mass is 32.2. The third kappa shape index (κ3) is 2.57. The van der Waals surface area contributed by atoms with Crippen LogP contribution in [0.3, 0.4) is 0 Å². The summed E-state index contributed by atoms with van der Waals surface area (Å²) in [5.74, 6) is -0.346. The van der Waals surface area contributed by atoms with Crippen LogP contribution in [0, 0.1) is 5.82 Å². The number of fused-ring (bicyclic) bond motifs is 1. The summed E-state index contributed by atoms with van der Waals surface area (Å²) in [4.78, 5) is 28.5. The summed E-state index contributed by atoms with van der Waals surface area (Å²) in [5.41, 5.74) is 0.0333. The Morgan fingerprint density at radius 2 is 1.90 bits per heavy atom. The zero-order chi connectivity index (χ0) is 14.8. The number of hydrogen-bond donors (Lipinski definition) is 0. The van der Waals surface area contributed by atoms with Gasteiger partial charge in [0.15, 0.2) is 6.29 Å². The summed E-state index contributed by atoms with van der Waals surface area (Å²) >= 11 is 1.15. The molecule has 3 rings (SSSR count). The van der Waals surface area contributed by atoms with Gasteiger partial charge in [-0.05, 0) is 36.4 Å². The predicted octanol–water partition coefficient (Wildman–Crippen LogP) is 2.80. The first kappa shape index (κ1) is 13.5. The standard InChI is InChI=1S/C15H9FN2O2S/c16-10-4-6-11(7-5-10)21-14-12(9-19)15(20)18-8-2-1-3-13(18)17-14/h1-9H. The smallest absolute Gasteiger partial charge is 0.269 e. The average Bonchev–Trinajstić information content (AvgIpc) is 2.50. The fourth-order valence-electron chi connectivity index (χ4n) is 1.88. The van der Waals surface area contributed by atoms with E-state index in [1.807, 2.05) is 0 Å². The van der Waals surface area contributed by atoms with E-state index in [1.54, 1.807) is 36.5 Å². The van der Waals surface area contributed by atoms with Crippen molar-refractivity contribution in [3.8, 4) is 0 Å². The average molecular weight is 300 g/mol. The highest BCUT2D eigenvalue weighted by Crippen LogP contribution is 2.27. The molecule has 0 atom stereocenters. The molecule has 0 saturated heterocycles. The van der Waals surface area contributed by atoms with Crippen molar-refractivity contribution in [2.45, 2.75) is 9.92 Å². The molecule has 0 spiro atoms. The molecular weight excluding hydrogens is 291 g/mol. The lowest BCUT2D eigenvalue weighted by Gasteiger charge is -2.06. The van der Waals surface area contributed by atoms with Gasteiger partial charge in [-0.25, -0.2) is 9.37 Å². The minimum atomic E-state index is -0.416. The quantitative estimate of drug-likeness (QED) is 0.551. The van der Waals surface area contributed by atoms with Crippen LogP contribution in [0.4, 0.5) is 4.39 Å². The first-order valence-electron chi connectivity index (χ1n) is 6.09. The molecule has 0 N–H and O–H groups in total. The number of carbonyl (C=O) groups is 1. The van der Waals surface area contributed by atoms with Gasteiger partial charge in [0, 0.05) is 11.1 Å². The molecule has 0 radical (unpaired) electrons. The number of aldehydes is 1. The number of nitrogens with zero attached hydrogens (tertiary/aromatic N) is 2. The molecule has 0 bridgehead atoms. The van der Waals surface area contributed by atoms with Crippen molar-refractivity contribution in [2.75, 3.05) is 0 Å². The van der Waals surface area contributed by atoms with E-state index in [9.17, 15) is 14.0 Å². The van der Waals surface area contributed by atoms with Crippen molar-refractivity contribution >= 4 is 23.7 Å². The second kappa shape index (κ2) is 5.49. The Morgan fingerprint density at radius 1 is 1.14 bits per heavy atom. The van der Waals surface area contributed by atoms with Gasteiger partial charge in [-0.3, -0.25) is 14.0 Å². The molecule has 21 heavy (non-hydrogen) atoms. The van der Waals surface area contributed by atoms with E-state index in [4.69, 9.17) is 0 Å². The van der Waals surface area contributed by atoms with E-state index in [2.05, 4.69) is 4.98 Å². The van der Waals surface area contributed by atoms with Crippen LogP contribution in [-0.2, 0) is 0 Å². The van der Waals surface area contributed by atoms with Crippen LogP contribution < -0.4 is 5.56 Å². The van der Waals surface area contributed by atoms with Crippen molar-refractivity contribution in [3.63, 3.8) is 0 Å².